The molecular weight excluding hydrogens is 391 g/mol. The van der Waals surface area contributed by atoms with E-state index < -0.39 is 46.3 Å². The van der Waals surface area contributed by atoms with E-state index in [2.05, 4.69) is 10.4 Å². The molecule has 8 nitrogen and oxygen atoms in total. The van der Waals surface area contributed by atoms with Gasteiger partial charge in [-0.1, -0.05) is 6.92 Å². The summed E-state index contributed by atoms with van der Waals surface area (Å²) in [5, 5.41) is 8.44. The van der Waals surface area contributed by atoms with Gasteiger partial charge in [-0.05, 0) is 0 Å². The molecule has 2 saturated heterocycles. The number of ether oxygens (including phenoxy) is 1. The second-order valence-corrected chi connectivity index (χ2v) is 7.84. The standard InChI is InChI=1S/C18H20F3N5O3/c1-17(8-29-9-17)18(15(22)27)7-23-26-3-2-25(6-13(18)26)16(28)24-10-4-11(19)14(21)12(20)5-10/h4-5,7,13H,2-3,6,8-9H2,1H3,(H2,22,27)(H,24,28). The molecule has 2 unspecified atom stereocenters. The molecule has 156 valence electrons. The topological polar surface area (TPSA) is 100 Å². The van der Waals surface area contributed by atoms with Crippen LogP contribution in [-0.2, 0) is 9.53 Å². The van der Waals surface area contributed by atoms with Crippen LogP contribution in [0, 0.1) is 28.3 Å². The Labute approximate surface area is 164 Å². The normalized spacial score (nSPS) is 27.4. The molecule has 3 N–H and O–H groups in total. The number of carbonyl (C=O) groups is 2. The molecule has 0 aliphatic carbocycles. The van der Waals surface area contributed by atoms with Gasteiger partial charge in [0.1, 0.15) is 5.41 Å². The maximum absolute atomic E-state index is 13.4. The molecule has 29 heavy (non-hydrogen) atoms. The summed E-state index contributed by atoms with van der Waals surface area (Å²) >= 11 is 0. The van der Waals surface area contributed by atoms with E-state index in [1.807, 2.05) is 6.92 Å². The number of hydrogen-bond donors (Lipinski definition) is 2. The van der Waals surface area contributed by atoms with Crippen molar-refractivity contribution in [2.24, 2.45) is 21.7 Å². The number of hydrazone groups is 1. The number of benzene rings is 1. The fourth-order valence-electron chi connectivity index (χ4n) is 4.29. The Morgan fingerprint density at radius 3 is 2.45 bits per heavy atom. The first kappa shape index (κ1) is 19.5. The molecule has 3 aliphatic heterocycles. The summed E-state index contributed by atoms with van der Waals surface area (Å²) in [5.41, 5.74) is 3.90. The quantitative estimate of drug-likeness (QED) is 0.729. The summed E-state index contributed by atoms with van der Waals surface area (Å²) in [6.45, 7) is 3.32. The molecule has 2 fully saturated rings. The van der Waals surface area contributed by atoms with E-state index in [1.54, 1.807) is 11.2 Å². The summed E-state index contributed by atoms with van der Waals surface area (Å²) in [4.78, 5) is 26.6. The van der Waals surface area contributed by atoms with Crippen molar-refractivity contribution in [3.8, 4) is 0 Å². The van der Waals surface area contributed by atoms with Gasteiger partial charge in [0.15, 0.2) is 17.5 Å². The van der Waals surface area contributed by atoms with Crippen LogP contribution < -0.4 is 11.1 Å². The van der Waals surface area contributed by atoms with Gasteiger partial charge < -0.3 is 20.7 Å². The molecule has 0 saturated carbocycles. The van der Waals surface area contributed by atoms with Crippen molar-refractivity contribution >= 4 is 23.8 Å². The first-order valence-electron chi connectivity index (χ1n) is 9.08. The number of primary amides is 1. The third-order valence-corrected chi connectivity index (χ3v) is 6.06. The molecule has 11 heteroatoms. The molecule has 0 radical (unpaired) electrons. The molecule has 4 rings (SSSR count). The smallest absolute Gasteiger partial charge is 0.321 e. The average Bonchev–Trinajstić information content (AvgIpc) is 3.04. The van der Waals surface area contributed by atoms with E-state index >= 15 is 0 Å². The van der Waals surface area contributed by atoms with Gasteiger partial charge in [0.05, 0.1) is 25.8 Å². The number of fused-ring (bicyclic) bond motifs is 1. The molecule has 0 aromatic heterocycles. The number of nitrogens with zero attached hydrogens (tertiary/aromatic N) is 3. The fraction of sp³-hybridized carbons (Fsp3) is 0.500. The Morgan fingerprint density at radius 2 is 1.90 bits per heavy atom. The van der Waals surface area contributed by atoms with E-state index in [4.69, 9.17) is 10.5 Å². The van der Waals surface area contributed by atoms with Gasteiger partial charge in [0, 0.05) is 42.5 Å². The number of amides is 3. The second kappa shape index (κ2) is 6.61. The van der Waals surface area contributed by atoms with Gasteiger partial charge in [-0.15, -0.1) is 0 Å². The fourth-order valence-corrected chi connectivity index (χ4v) is 4.29. The third kappa shape index (κ3) is 2.83. The van der Waals surface area contributed by atoms with Gasteiger partial charge in [0.25, 0.3) is 0 Å². The van der Waals surface area contributed by atoms with E-state index in [1.165, 1.54) is 4.90 Å². The lowest BCUT2D eigenvalue weighted by Crippen LogP contribution is -2.69. The summed E-state index contributed by atoms with van der Waals surface area (Å²) in [6.07, 6.45) is 1.55. The van der Waals surface area contributed by atoms with E-state index in [9.17, 15) is 22.8 Å². The van der Waals surface area contributed by atoms with E-state index in [0.717, 1.165) is 0 Å². The van der Waals surface area contributed by atoms with E-state index in [-0.39, 0.29) is 18.8 Å². The molecule has 3 amide bonds. The maximum Gasteiger partial charge on any atom is 0.321 e. The highest BCUT2D eigenvalue weighted by Gasteiger charge is 2.64. The van der Waals surface area contributed by atoms with Crippen molar-refractivity contribution in [2.45, 2.75) is 13.0 Å². The second-order valence-electron chi connectivity index (χ2n) is 7.84. The number of halogens is 3. The van der Waals surface area contributed by atoms with Crippen molar-refractivity contribution in [1.29, 1.82) is 0 Å². The van der Waals surface area contributed by atoms with E-state index in [0.29, 0.717) is 31.9 Å². The van der Waals surface area contributed by atoms with Crippen LogP contribution >= 0.6 is 0 Å². The summed E-state index contributed by atoms with van der Waals surface area (Å²) < 4.78 is 45.2. The molecule has 2 atom stereocenters. The molecule has 1 aromatic carbocycles. The van der Waals surface area contributed by atoms with Crippen molar-refractivity contribution in [2.75, 3.05) is 38.2 Å². The number of carbonyl (C=O) groups excluding carboxylic acids is 2. The van der Waals surface area contributed by atoms with Crippen LogP contribution in [0.3, 0.4) is 0 Å². The SMILES string of the molecule is CC1(C2(C(N)=O)C=NN3CCN(C(=O)Nc4cc(F)c(F)c(F)c4)CC32)COC1. The molecule has 3 heterocycles. The van der Waals surface area contributed by atoms with Gasteiger partial charge >= 0.3 is 6.03 Å². The van der Waals surface area contributed by atoms with Crippen LogP contribution in [0.1, 0.15) is 6.92 Å². The van der Waals surface area contributed by atoms with Crippen LogP contribution in [0.15, 0.2) is 17.2 Å². The van der Waals surface area contributed by atoms with Crippen LogP contribution in [0.25, 0.3) is 0 Å². The minimum absolute atomic E-state index is 0.122. The number of piperazine rings is 1. The largest absolute Gasteiger partial charge is 0.380 e. The Hall–Kier alpha value is -2.82. The highest BCUT2D eigenvalue weighted by molar-refractivity contribution is 6.01. The number of nitrogens with two attached hydrogens (primary N) is 1. The van der Waals surface area contributed by atoms with Crippen molar-refractivity contribution in [1.82, 2.24) is 9.91 Å². The average molecular weight is 411 g/mol. The van der Waals surface area contributed by atoms with Gasteiger partial charge in [-0.2, -0.15) is 5.10 Å². The summed E-state index contributed by atoms with van der Waals surface area (Å²) in [7, 11) is 0. The Bertz CT molecular complexity index is 884. The predicted molar refractivity (Wildman–Crippen MR) is 96.4 cm³/mol. The molecule has 0 bridgehead atoms. The Kier molecular flexibility index (Phi) is 4.45. The van der Waals surface area contributed by atoms with Crippen LogP contribution in [0.2, 0.25) is 0 Å². The van der Waals surface area contributed by atoms with Crippen LogP contribution in [0.4, 0.5) is 23.7 Å². The zero-order valence-electron chi connectivity index (χ0n) is 15.6. The molecule has 1 aromatic rings. The Morgan fingerprint density at radius 1 is 1.24 bits per heavy atom. The summed E-state index contributed by atoms with van der Waals surface area (Å²) in [5.74, 6) is -4.97. The zero-order chi connectivity index (χ0) is 21.0. The van der Waals surface area contributed by atoms with Gasteiger partial charge in [0.2, 0.25) is 5.91 Å². The number of hydrogen-bond acceptors (Lipinski definition) is 5. The highest BCUT2D eigenvalue weighted by Crippen LogP contribution is 2.50. The minimum atomic E-state index is -1.61. The minimum Gasteiger partial charge on any atom is -0.380 e. The predicted octanol–water partition coefficient (Wildman–Crippen LogP) is 1.13. The van der Waals surface area contributed by atoms with Gasteiger partial charge in [-0.3, -0.25) is 9.80 Å². The summed E-state index contributed by atoms with van der Waals surface area (Å²) in [6, 6.07) is 0.280. The maximum atomic E-state index is 13.4. The van der Waals surface area contributed by atoms with Gasteiger partial charge in [-0.25, -0.2) is 18.0 Å². The monoisotopic (exact) mass is 411 g/mol. The molecule has 3 aliphatic rings. The third-order valence-electron chi connectivity index (χ3n) is 6.06. The van der Waals surface area contributed by atoms with Crippen molar-refractivity contribution in [3.63, 3.8) is 0 Å². The highest BCUT2D eigenvalue weighted by atomic mass is 19.2. The lowest BCUT2D eigenvalue weighted by Gasteiger charge is -2.53. The zero-order valence-corrected chi connectivity index (χ0v) is 15.6. The number of nitrogens with one attached hydrogen (secondary N) is 1. The van der Waals surface area contributed by atoms with Crippen LogP contribution in [0.5, 0.6) is 0 Å². The first-order valence-corrected chi connectivity index (χ1v) is 9.08. The number of anilines is 1. The number of urea groups is 1. The lowest BCUT2D eigenvalue weighted by molar-refractivity contribution is -0.178. The van der Waals surface area contributed by atoms with Crippen LogP contribution in [-0.4, -0.2) is 67.0 Å². The first-order chi connectivity index (χ1) is 13.7. The van der Waals surface area contributed by atoms with Crippen molar-refractivity contribution < 1.29 is 27.5 Å². The molecule has 0 spiro atoms. The lowest BCUT2D eigenvalue weighted by atomic mass is 9.59. The Balaban J connectivity index is 1.55. The number of rotatable bonds is 3. The molecular formula is C18H20F3N5O3. The van der Waals surface area contributed by atoms with Crippen molar-refractivity contribution in [3.05, 3.63) is 29.6 Å².